The second kappa shape index (κ2) is 8.71. The van der Waals surface area contributed by atoms with E-state index >= 15 is 0 Å². The van der Waals surface area contributed by atoms with E-state index in [0.717, 1.165) is 32.2 Å². The number of ketones is 1. The van der Waals surface area contributed by atoms with Crippen molar-refractivity contribution in [3.8, 4) is 0 Å². The fourth-order valence-corrected chi connectivity index (χ4v) is 8.29. The van der Waals surface area contributed by atoms with Crippen LogP contribution in [0.1, 0.15) is 69.9 Å². The Labute approximate surface area is 211 Å². The van der Waals surface area contributed by atoms with E-state index in [2.05, 4.69) is 17.6 Å². The zero-order chi connectivity index (χ0) is 27.0. The molecule has 5 unspecified atom stereocenters. The summed E-state index contributed by atoms with van der Waals surface area (Å²) in [5.74, 6) is -0.109. The van der Waals surface area contributed by atoms with Crippen molar-refractivity contribution < 1.29 is 35.9 Å². The van der Waals surface area contributed by atoms with Gasteiger partial charge in [-0.1, -0.05) is 13.8 Å². The Balaban J connectivity index is 1.39. The van der Waals surface area contributed by atoms with Crippen LogP contribution in [0.15, 0.2) is 18.2 Å². The second-order valence-electron chi connectivity index (χ2n) is 12.0. The number of carbonyl (C=O) groups is 2. The van der Waals surface area contributed by atoms with Crippen LogP contribution in [0.3, 0.4) is 0 Å². The predicted molar refractivity (Wildman–Crippen MR) is 124 cm³/mol. The Kier molecular flexibility index (Phi) is 6.24. The molecule has 5 rings (SSSR count). The van der Waals surface area contributed by atoms with E-state index in [1.54, 1.807) is 0 Å². The average Bonchev–Trinajstić information content (AvgIpc) is 3.15. The molecule has 3 aliphatic carbocycles. The second-order valence-corrected chi connectivity index (χ2v) is 12.0. The quantitative estimate of drug-likeness (QED) is 0.432. The number of benzene rings is 1. The first-order valence-electron chi connectivity index (χ1n) is 13.0. The summed E-state index contributed by atoms with van der Waals surface area (Å²) in [6.07, 6.45) is -5.00. The monoisotopic (exact) mass is 530 g/mol. The average molecular weight is 531 g/mol. The lowest BCUT2D eigenvalue weighted by Crippen LogP contribution is -2.63. The van der Waals surface area contributed by atoms with E-state index in [0.29, 0.717) is 43.4 Å². The molecule has 37 heavy (non-hydrogen) atoms. The number of anilines is 1. The lowest BCUT2D eigenvalue weighted by Gasteiger charge is -2.60. The van der Waals surface area contributed by atoms with Gasteiger partial charge in [-0.2, -0.15) is 26.3 Å². The molecule has 4 aliphatic rings. The number of alkyl halides is 6. The number of rotatable bonds is 2. The van der Waals surface area contributed by atoms with E-state index in [1.807, 2.05) is 6.92 Å². The third kappa shape index (κ3) is 4.36. The zero-order valence-corrected chi connectivity index (χ0v) is 20.9. The molecule has 1 saturated heterocycles. The van der Waals surface area contributed by atoms with E-state index in [-0.39, 0.29) is 29.1 Å². The Morgan fingerprint density at radius 3 is 2.35 bits per heavy atom. The Morgan fingerprint density at radius 2 is 1.68 bits per heavy atom. The van der Waals surface area contributed by atoms with Gasteiger partial charge in [0.05, 0.1) is 16.8 Å². The van der Waals surface area contributed by atoms with Crippen LogP contribution in [0.5, 0.6) is 0 Å². The number of hydrogen-bond acceptors (Lipinski definition) is 3. The van der Waals surface area contributed by atoms with Gasteiger partial charge in [0.2, 0.25) is 5.91 Å². The fourth-order valence-electron chi connectivity index (χ4n) is 8.29. The van der Waals surface area contributed by atoms with Crippen LogP contribution in [0, 0.1) is 34.5 Å². The Hall–Kier alpha value is -2.10. The van der Waals surface area contributed by atoms with Crippen LogP contribution in [0.2, 0.25) is 0 Å². The third-order valence-corrected chi connectivity index (χ3v) is 10.3. The highest BCUT2D eigenvalue weighted by Crippen LogP contribution is 2.64. The van der Waals surface area contributed by atoms with E-state index < -0.39 is 46.4 Å². The largest absolute Gasteiger partial charge is 0.418 e. The number of amides is 1. The van der Waals surface area contributed by atoms with Crippen LogP contribution in [0.4, 0.5) is 32.0 Å². The third-order valence-electron chi connectivity index (χ3n) is 10.3. The van der Waals surface area contributed by atoms with Crippen molar-refractivity contribution in [1.82, 2.24) is 5.32 Å². The van der Waals surface area contributed by atoms with Gasteiger partial charge in [0, 0.05) is 24.8 Å². The minimum absolute atomic E-state index is 0.0157. The van der Waals surface area contributed by atoms with Gasteiger partial charge in [-0.15, -0.1) is 0 Å². The SMILES string of the molecule is C[C@]12CCC(=O)CC1NCC1C2CC[C@]2(C)C(C(=O)Nc3cc(C(F)(F)F)ccc3C(F)(F)F)CCC12. The van der Waals surface area contributed by atoms with Gasteiger partial charge in [0.15, 0.2) is 0 Å². The lowest BCUT2D eigenvalue weighted by molar-refractivity contribution is -0.141. The van der Waals surface area contributed by atoms with Crippen molar-refractivity contribution in [3.63, 3.8) is 0 Å². The number of halogens is 6. The summed E-state index contributed by atoms with van der Waals surface area (Å²) >= 11 is 0. The molecule has 0 aromatic heterocycles. The molecule has 4 fully saturated rings. The number of piperidine rings is 1. The first-order valence-corrected chi connectivity index (χ1v) is 13.0. The number of nitrogens with one attached hydrogen (secondary N) is 2. The fraction of sp³-hybridized carbons (Fsp3) is 0.704. The van der Waals surface area contributed by atoms with Gasteiger partial charge in [0.1, 0.15) is 5.78 Å². The molecule has 1 aromatic rings. The smallest absolute Gasteiger partial charge is 0.325 e. The highest BCUT2D eigenvalue weighted by molar-refractivity contribution is 5.94. The summed E-state index contributed by atoms with van der Waals surface area (Å²) in [4.78, 5) is 25.5. The van der Waals surface area contributed by atoms with Crippen LogP contribution in [0.25, 0.3) is 0 Å². The first-order chi connectivity index (χ1) is 17.1. The summed E-state index contributed by atoms with van der Waals surface area (Å²) in [6, 6.07) is 1.28. The molecular weight excluding hydrogens is 498 g/mol. The molecule has 204 valence electrons. The van der Waals surface area contributed by atoms with Gasteiger partial charge in [-0.3, -0.25) is 9.59 Å². The number of Topliss-reactive ketones (excluding diaryl/α,β-unsaturated/α-hetero) is 1. The van der Waals surface area contributed by atoms with Gasteiger partial charge in [-0.25, -0.2) is 0 Å². The Morgan fingerprint density at radius 1 is 0.973 bits per heavy atom. The van der Waals surface area contributed by atoms with Crippen LogP contribution in [-0.4, -0.2) is 24.3 Å². The number of fused-ring (bicyclic) bond motifs is 5. The van der Waals surface area contributed by atoms with Crippen molar-refractivity contribution in [3.05, 3.63) is 29.3 Å². The minimum atomic E-state index is -4.91. The first kappa shape index (κ1) is 26.5. The molecule has 1 aliphatic heterocycles. The molecule has 0 spiro atoms. The summed E-state index contributed by atoms with van der Waals surface area (Å²) < 4.78 is 80.4. The van der Waals surface area contributed by atoms with Gasteiger partial charge in [-0.05, 0) is 85.4 Å². The summed E-state index contributed by atoms with van der Waals surface area (Å²) in [5, 5.41) is 5.84. The molecule has 3 saturated carbocycles. The standard InChI is InChI=1S/C27H32F6N2O2/c1-24-10-8-18-16(13-34-22-12-15(36)7-9-25(18,22)2)17(24)5-6-20(24)23(37)35-21-11-14(26(28,29)30)3-4-19(21)27(31,32)33/h3-4,11,16-18,20,22,34H,5-10,12-13H2,1-2H3,(H,35,37)/t16?,17?,18?,20?,22?,24-,25+/m0/s1. The van der Waals surface area contributed by atoms with Crippen molar-refractivity contribution in [2.45, 2.75) is 77.2 Å². The zero-order valence-electron chi connectivity index (χ0n) is 20.9. The maximum absolute atomic E-state index is 13.6. The van der Waals surface area contributed by atoms with Crippen molar-refractivity contribution >= 4 is 17.4 Å². The molecule has 1 amide bonds. The lowest BCUT2D eigenvalue weighted by atomic mass is 9.48. The molecule has 7 atom stereocenters. The molecule has 10 heteroatoms. The molecule has 1 heterocycles. The molecular formula is C27H32F6N2O2. The van der Waals surface area contributed by atoms with E-state index in [9.17, 15) is 35.9 Å². The minimum Gasteiger partial charge on any atom is -0.325 e. The summed E-state index contributed by atoms with van der Waals surface area (Å²) in [5.41, 5.74) is -3.86. The van der Waals surface area contributed by atoms with Crippen LogP contribution >= 0.6 is 0 Å². The highest BCUT2D eigenvalue weighted by atomic mass is 19.4. The molecule has 2 N–H and O–H groups in total. The van der Waals surface area contributed by atoms with Gasteiger partial charge < -0.3 is 10.6 Å². The highest BCUT2D eigenvalue weighted by Gasteiger charge is 2.61. The van der Waals surface area contributed by atoms with Gasteiger partial charge >= 0.3 is 12.4 Å². The van der Waals surface area contributed by atoms with Crippen molar-refractivity contribution in [2.24, 2.45) is 34.5 Å². The van der Waals surface area contributed by atoms with Crippen molar-refractivity contribution in [2.75, 3.05) is 11.9 Å². The number of carbonyl (C=O) groups excluding carboxylic acids is 2. The maximum Gasteiger partial charge on any atom is 0.418 e. The summed E-state index contributed by atoms with van der Waals surface area (Å²) in [7, 11) is 0. The van der Waals surface area contributed by atoms with Crippen LogP contribution in [-0.2, 0) is 21.9 Å². The molecule has 0 radical (unpaired) electrons. The molecule has 0 bridgehead atoms. The molecule has 4 nitrogen and oxygen atoms in total. The van der Waals surface area contributed by atoms with E-state index in [1.165, 1.54) is 0 Å². The topological polar surface area (TPSA) is 58.2 Å². The predicted octanol–water partition coefficient (Wildman–Crippen LogP) is 6.45. The van der Waals surface area contributed by atoms with Crippen molar-refractivity contribution in [1.29, 1.82) is 0 Å². The van der Waals surface area contributed by atoms with Gasteiger partial charge in [0.25, 0.3) is 0 Å². The van der Waals surface area contributed by atoms with E-state index in [4.69, 9.17) is 0 Å². The summed E-state index contributed by atoms with van der Waals surface area (Å²) in [6.45, 7) is 5.00. The number of hydrogen-bond donors (Lipinski definition) is 2. The van der Waals surface area contributed by atoms with Crippen LogP contribution < -0.4 is 10.6 Å². The maximum atomic E-state index is 13.6. The molecule has 1 aromatic carbocycles. The normalized spacial score (nSPS) is 37.9. The Bertz CT molecular complexity index is 1100.